The van der Waals surface area contributed by atoms with Gasteiger partial charge in [0, 0.05) is 6.04 Å². The summed E-state index contributed by atoms with van der Waals surface area (Å²) in [5, 5.41) is 12.9. The Hall–Kier alpha value is -1.80. The molecular formula is C17H21NO. The lowest BCUT2D eigenvalue weighted by molar-refractivity contribution is 0.472. The number of aromatic hydroxyl groups is 1. The summed E-state index contributed by atoms with van der Waals surface area (Å²) >= 11 is 0. The van der Waals surface area contributed by atoms with Gasteiger partial charge in [0.25, 0.3) is 0 Å². The van der Waals surface area contributed by atoms with Crippen molar-refractivity contribution in [1.29, 1.82) is 0 Å². The highest BCUT2D eigenvalue weighted by atomic mass is 16.3. The van der Waals surface area contributed by atoms with E-state index in [1.807, 2.05) is 24.3 Å². The molecule has 0 fully saturated rings. The second kappa shape index (κ2) is 6.95. The van der Waals surface area contributed by atoms with Crippen LogP contribution in [0.15, 0.2) is 54.6 Å². The van der Waals surface area contributed by atoms with E-state index in [2.05, 4.69) is 36.5 Å². The fraction of sp³-hybridized carbons (Fsp3) is 0.294. The smallest absolute Gasteiger partial charge is 0.115 e. The number of rotatable bonds is 6. The van der Waals surface area contributed by atoms with E-state index in [-0.39, 0.29) is 6.04 Å². The van der Waals surface area contributed by atoms with Crippen molar-refractivity contribution >= 4 is 0 Å². The van der Waals surface area contributed by atoms with Crippen LogP contribution in [-0.2, 0) is 6.42 Å². The summed E-state index contributed by atoms with van der Waals surface area (Å²) in [6.07, 6.45) is 2.22. The Morgan fingerprint density at radius 1 is 1.05 bits per heavy atom. The van der Waals surface area contributed by atoms with Crippen LogP contribution in [0.4, 0.5) is 0 Å². The molecule has 1 unspecified atom stereocenters. The standard InChI is InChI=1S/C17H21NO/c1-14(16-10-5-11-17(19)13-16)18-12-6-9-15-7-3-2-4-8-15/h2-5,7-8,10-11,13-14,18-19H,6,9,12H2,1H3. The number of benzene rings is 2. The van der Waals surface area contributed by atoms with Gasteiger partial charge in [0.05, 0.1) is 0 Å². The van der Waals surface area contributed by atoms with E-state index >= 15 is 0 Å². The molecule has 0 saturated heterocycles. The molecule has 2 rings (SSSR count). The predicted octanol–water partition coefficient (Wildman–Crippen LogP) is 3.68. The van der Waals surface area contributed by atoms with Gasteiger partial charge in [-0.05, 0) is 49.6 Å². The van der Waals surface area contributed by atoms with Crippen LogP contribution in [-0.4, -0.2) is 11.7 Å². The third kappa shape index (κ3) is 4.42. The predicted molar refractivity (Wildman–Crippen MR) is 79.3 cm³/mol. The van der Waals surface area contributed by atoms with Crippen LogP contribution in [0.3, 0.4) is 0 Å². The molecule has 2 N–H and O–H groups in total. The van der Waals surface area contributed by atoms with Crippen molar-refractivity contribution in [2.24, 2.45) is 0 Å². The lowest BCUT2D eigenvalue weighted by atomic mass is 10.1. The average Bonchev–Trinajstić information content (AvgIpc) is 2.44. The van der Waals surface area contributed by atoms with Crippen LogP contribution in [0.2, 0.25) is 0 Å². The average molecular weight is 255 g/mol. The maximum atomic E-state index is 9.45. The van der Waals surface area contributed by atoms with Gasteiger partial charge < -0.3 is 10.4 Å². The molecule has 0 amide bonds. The van der Waals surface area contributed by atoms with Crippen LogP contribution in [0.5, 0.6) is 5.75 Å². The molecule has 0 radical (unpaired) electrons. The molecule has 0 aliphatic carbocycles. The lowest BCUT2D eigenvalue weighted by Crippen LogP contribution is -2.20. The second-order valence-electron chi connectivity index (χ2n) is 4.86. The fourth-order valence-corrected chi connectivity index (χ4v) is 2.17. The van der Waals surface area contributed by atoms with Crippen LogP contribution in [0.25, 0.3) is 0 Å². The van der Waals surface area contributed by atoms with E-state index in [1.54, 1.807) is 6.07 Å². The summed E-state index contributed by atoms with van der Waals surface area (Å²) in [7, 11) is 0. The Bertz CT molecular complexity index is 496. The minimum Gasteiger partial charge on any atom is -0.508 e. The van der Waals surface area contributed by atoms with Gasteiger partial charge in [0.2, 0.25) is 0 Å². The first-order valence-electron chi connectivity index (χ1n) is 6.82. The van der Waals surface area contributed by atoms with Crippen LogP contribution in [0, 0.1) is 0 Å². The van der Waals surface area contributed by atoms with Gasteiger partial charge in [-0.15, -0.1) is 0 Å². The highest BCUT2D eigenvalue weighted by molar-refractivity contribution is 5.29. The zero-order valence-corrected chi connectivity index (χ0v) is 11.3. The van der Waals surface area contributed by atoms with Crippen molar-refractivity contribution < 1.29 is 5.11 Å². The van der Waals surface area contributed by atoms with E-state index < -0.39 is 0 Å². The number of phenolic OH excluding ortho intramolecular Hbond substituents is 1. The maximum Gasteiger partial charge on any atom is 0.115 e. The third-order valence-corrected chi connectivity index (χ3v) is 3.31. The van der Waals surface area contributed by atoms with Gasteiger partial charge in [-0.3, -0.25) is 0 Å². The number of hydrogen-bond acceptors (Lipinski definition) is 2. The van der Waals surface area contributed by atoms with Crippen molar-refractivity contribution in [3.8, 4) is 5.75 Å². The molecule has 0 bridgehead atoms. The summed E-state index contributed by atoms with van der Waals surface area (Å²) in [5.74, 6) is 0.329. The fourth-order valence-electron chi connectivity index (χ4n) is 2.17. The first-order valence-corrected chi connectivity index (χ1v) is 6.82. The van der Waals surface area contributed by atoms with Gasteiger partial charge >= 0.3 is 0 Å². The van der Waals surface area contributed by atoms with Crippen molar-refractivity contribution in [2.75, 3.05) is 6.54 Å². The van der Waals surface area contributed by atoms with E-state index in [1.165, 1.54) is 5.56 Å². The SMILES string of the molecule is CC(NCCCc1ccccc1)c1cccc(O)c1. The molecule has 100 valence electrons. The minimum absolute atomic E-state index is 0.267. The summed E-state index contributed by atoms with van der Waals surface area (Å²) < 4.78 is 0. The van der Waals surface area contributed by atoms with E-state index in [4.69, 9.17) is 0 Å². The molecule has 0 saturated carbocycles. The maximum absolute atomic E-state index is 9.45. The molecule has 0 aromatic heterocycles. The van der Waals surface area contributed by atoms with Gasteiger partial charge in [0.1, 0.15) is 5.75 Å². The molecule has 1 atom stereocenters. The Morgan fingerprint density at radius 3 is 2.58 bits per heavy atom. The largest absolute Gasteiger partial charge is 0.508 e. The molecule has 0 heterocycles. The number of nitrogens with one attached hydrogen (secondary N) is 1. The summed E-state index contributed by atoms with van der Waals surface area (Å²) in [6, 6.07) is 18.2. The normalized spacial score (nSPS) is 12.3. The molecule has 2 aromatic rings. The van der Waals surface area contributed by atoms with Crippen LogP contribution >= 0.6 is 0 Å². The van der Waals surface area contributed by atoms with Crippen molar-refractivity contribution in [1.82, 2.24) is 5.32 Å². The third-order valence-electron chi connectivity index (χ3n) is 3.31. The zero-order chi connectivity index (χ0) is 13.5. The van der Waals surface area contributed by atoms with Gasteiger partial charge in [-0.2, -0.15) is 0 Å². The number of aryl methyl sites for hydroxylation is 1. The Labute approximate surface area is 115 Å². The Kier molecular flexibility index (Phi) is 4.99. The molecule has 2 nitrogen and oxygen atoms in total. The molecule has 0 aliphatic heterocycles. The topological polar surface area (TPSA) is 32.3 Å². The zero-order valence-electron chi connectivity index (χ0n) is 11.3. The van der Waals surface area contributed by atoms with Gasteiger partial charge in [-0.1, -0.05) is 42.5 Å². The van der Waals surface area contributed by atoms with Crippen molar-refractivity contribution in [3.63, 3.8) is 0 Å². The minimum atomic E-state index is 0.267. The van der Waals surface area contributed by atoms with Gasteiger partial charge in [-0.25, -0.2) is 0 Å². The first kappa shape index (κ1) is 13.6. The second-order valence-corrected chi connectivity index (χ2v) is 4.86. The highest BCUT2D eigenvalue weighted by Gasteiger charge is 2.04. The van der Waals surface area contributed by atoms with Crippen molar-refractivity contribution in [2.45, 2.75) is 25.8 Å². The van der Waals surface area contributed by atoms with E-state index in [0.29, 0.717) is 5.75 Å². The molecule has 2 heteroatoms. The Balaban J connectivity index is 1.74. The number of hydrogen-bond donors (Lipinski definition) is 2. The summed E-state index contributed by atoms with van der Waals surface area (Å²) in [4.78, 5) is 0. The van der Waals surface area contributed by atoms with Crippen LogP contribution in [0.1, 0.15) is 30.5 Å². The van der Waals surface area contributed by atoms with Crippen molar-refractivity contribution in [3.05, 3.63) is 65.7 Å². The first-order chi connectivity index (χ1) is 9.25. The lowest BCUT2D eigenvalue weighted by Gasteiger charge is -2.14. The van der Waals surface area contributed by atoms with E-state index in [9.17, 15) is 5.11 Å². The monoisotopic (exact) mass is 255 g/mol. The molecule has 19 heavy (non-hydrogen) atoms. The number of phenols is 1. The summed E-state index contributed by atoms with van der Waals surface area (Å²) in [6.45, 7) is 3.10. The summed E-state index contributed by atoms with van der Waals surface area (Å²) in [5.41, 5.74) is 2.51. The Morgan fingerprint density at radius 2 is 1.84 bits per heavy atom. The molecule has 2 aromatic carbocycles. The van der Waals surface area contributed by atoms with E-state index in [0.717, 1.165) is 24.9 Å². The van der Waals surface area contributed by atoms with Crippen LogP contribution < -0.4 is 5.32 Å². The quantitative estimate of drug-likeness (QED) is 0.772. The molecule has 0 spiro atoms. The highest BCUT2D eigenvalue weighted by Crippen LogP contribution is 2.17. The van der Waals surface area contributed by atoms with Gasteiger partial charge in [0.15, 0.2) is 0 Å². The molecule has 0 aliphatic rings. The molecular weight excluding hydrogens is 234 g/mol.